The molecule has 374 valence electrons. The van der Waals surface area contributed by atoms with Gasteiger partial charge < -0.3 is 29.5 Å². The smallest absolute Gasteiger partial charge is 0.323 e. The van der Waals surface area contributed by atoms with Gasteiger partial charge in [0.1, 0.15) is 13.1 Å². The summed E-state index contributed by atoms with van der Waals surface area (Å²) >= 11 is 0. The second kappa shape index (κ2) is 43.7. The molecule has 0 aliphatic heterocycles. The molecule has 0 aromatic heterocycles. The first kappa shape index (κ1) is 60.8. The number of amides is 2. The molecular weight excluding hydrogens is 813 g/mol. The summed E-state index contributed by atoms with van der Waals surface area (Å²) in [6.07, 6.45) is 32.3. The van der Waals surface area contributed by atoms with Crippen LogP contribution in [0.15, 0.2) is 0 Å². The van der Waals surface area contributed by atoms with Gasteiger partial charge >= 0.3 is 23.9 Å². The highest BCUT2D eigenvalue weighted by molar-refractivity contribution is 5.88. The fraction of sp³-hybridized carbons (Fsp3) is 0.885. The Kier molecular flexibility index (Phi) is 41.5. The van der Waals surface area contributed by atoms with E-state index in [9.17, 15) is 33.9 Å². The molecule has 0 saturated carbocycles. The number of carbonyl (C=O) groups excluding carboxylic acids is 4. The second-order valence-corrected chi connectivity index (χ2v) is 18.3. The zero-order valence-electron chi connectivity index (χ0n) is 41.5. The van der Waals surface area contributed by atoms with Crippen molar-refractivity contribution in [3.05, 3.63) is 0 Å². The number of rotatable bonds is 47. The summed E-state index contributed by atoms with van der Waals surface area (Å²) in [5.41, 5.74) is 0. The van der Waals surface area contributed by atoms with Crippen LogP contribution in [-0.4, -0.2) is 95.1 Å². The first-order valence-electron chi connectivity index (χ1n) is 26.3. The van der Waals surface area contributed by atoms with Gasteiger partial charge in [-0.3, -0.25) is 28.8 Å². The number of carbonyl (C=O) groups is 6. The Balaban J connectivity index is 5.17. The summed E-state index contributed by atoms with van der Waals surface area (Å²) in [5.74, 6) is -3.74. The average Bonchev–Trinajstić information content (AvgIpc) is 3.27. The fourth-order valence-corrected chi connectivity index (χ4v) is 8.23. The number of esters is 2. The van der Waals surface area contributed by atoms with E-state index >= 15 is 0 Å². The van der Waals surface area contributed by atoms with E-state index in [4.69, 9.17) is 14.6 Å². The standard InChI is InChI=1S/C52H96N2O10/c1-5-9-13-17-19-27-35-45(33-25-15-11-7-3)51(61)63-41-31-23-21-29-39-53(48(56)43-54(44-50(59)60)47(55)37-38-49(57)58)40-30-22-24-32-42-64-52(62)46(34-26-16-12-8-4)36-28-20-18-14-10-6-2/h45-46H,5-44H2,1-4H3,(H,57,58)(H,59,60). The molecule has 0 fully saturated rings. The van der Waals surface area contributed by atoms with Crippen LogP contribution in [0.3, 0.4) is 0 Å². The molecule has 0 aromatic carbocycles. The van der Waals surface area contributed by atoms with Gasteiger partial charge in [0.2, 0.25) is 11.8 Å². The number of carboxylic acids is 2. The van der Waals surface area contributed by atoms with Crippen LogP contribution in [0, 0.1) is 11.8 Å². The zero-order chi connectivity index (χ0) is 47.5. The van der Waals surface area contributed by atoms with E-state index in [1.54, 1.807) is 4.90 Å². The van der Waals surface area contributed by atoms with Crippen molar-refractivity contribution in [2.24, 2.45) is 11.8 Å². The predicted octanol–water partition coefficient (Wildman–Crippen LogP) is 12.5. The van der Waals surface area contributed by atoms with Crippen molar-refractivity contribution in [2.45, 2.75) is 246 Å². The third-order valence-corrected chi connectivity index (χ3v) is 12.3. The van der Waals surface area contributed by atoms with Crippen molar-refractivity contribution in [1.29, 1.82) is 0 Å². The molecule has 2 atom stereocenters. The highest BCUT2D eigenvalue weighted by atomic mass is 16.5. The van der Waals surface area contributed by atoms with Gasteiger partial charge in [0.05, 0.1) is 31.5 Å². The topological polar surface area (TPSA) is 168 Å². The summed E-state index contributed by atoms with van der Waals surface area (Å²) in [4.78, 5) is 77.8. The first-order valence-corrected chi connectivity index (χ1v) is 26.3. The van der Waals surface area contributed by atoms with Crippen molar-refractivity contribution >= 4 is 35.7 Å². The van der Waals surface area contributed by atoms with Gasteiger partial charge in [-0.05, 0) is 64.2 Å². The molecule has 0 heterocycles. The highest BCUT2D eigenvalue weighted by Crippen LogP contribution is 2.22. The normalized spacial score (nSPS) is 12.1. The molecule has 0 aliphatic carbocycles. The minimum absolute atomic E-state index is 0.0356. The van der Waals surface area contributed by atoms with Crippen molar-refractivity contribution in [3.63, 3.8) is 0 Å². The molecule has 0 aromatic rings. The molecule has 64 heavy (non-hydrogen) atoms. The van der Waals surface area contributed by atoms with Gasteiger partial charge in [0.15, 0.2) is 0 Å². The Bertz CT molecular complexity index is 1140. The maximum absolute atomic E-state index is 13.6. The van der Waals surface area contributed by atoms with Gasteiger partial charge in [0, 0.05) is 19.5 Å². The van der Waals surface area contributed by atoms with Crippen molar-refractivity contribution < 1.29 is 48.5 Å². The Morgan fingerprint density at radius 2 is 0.719 bits per heavy atom. The Labute approximate surface area is 390 Å². The van der Waals surface area contributed by atoms with E-state index in [0.717, 1.165) is 133 Å². The molecular formula is C52H96N2O10. The highest BCUT2D eigenvalue weighted by Gasteiger charge is 2.24. The van der Waals surface area contributed by atoms with Crippen LogP contribution in [0.25, 0.3) is 0 Å². The van der Waals surface area contributed by atoms with Gasteiger partial charge in [-0.1, -0.05) is 169 Å². The maximum atomic E-state index is 13.6. The summed E-state index contributed by atoms with van der Waals surface area (Å²) in [7, 11) is 0. The van der Waals surface area contributed by atoms with Crippen molar-refractivity contribution in [1.82, 2.24) is 9.80 Å². The quantitative estimate of drug-likeness (QED) is 0.0443. The molecule has 0 rings (SSSR count). The van der Waals surface area contributed by atoms with Crippen molar-refractivity contribution in [2.75, 3.05) is 39.4 Å². The number of aliphatic carboxylic acids is 2. The molecule has 12 nitrogen and oxygen atoms in total. The summed E-state index contributed by atoms with van der Waals surface area (Å²) in [6, 6.07) is 0. The van der Waals surface area contributed by atoms with E-state index in [2.05, 4.69) is 27.7 Å². The minimum atomic E-state index is -1.28. The van der Waals surface area contributed by atoms with Crippen LogP contribution in [0.4, 0.5) is 0 Å². The number of hydrogen-bond acceptors (Lipinski definition) is 8. The monoisotopic (exact) mass is 909 g/mol. The Morgan fingerprint density at radius 1 is 0.375 bits per heavy atom. The second-order valence-electron chi connectivity index (χ2n) is 18.3. The third-order valence-electron chi connectivity index (χ3n) is 12.3. The van der Waals surface area contributed by atoms with E-state index in [-0.39, 0.29) is 36.1 Å². The Hall–Kier alpha value is -3.18. The number of hydrogen-bond donors (Lipinski definition) is 2. The predicted molar refractivity (Wildman–Crippen MR) is 257 cm³/mol. The molecule has 2 unspecified atom stereocenters. The zero-order valence-corrected chi connectivity index (χ0v) is 41.5. The lowest BCUT2D eigenvalue weighted by atomic mass is 9.94. The maximum Gasteiger partial charge on any atom is 0.323 e. The van der Waals surface area contributed by atoms with Crippen LogP contribution < -0.4 is 0 Å². The SMILES string of the molecule is CCCCCCCCC(CCCCCC)C(=O)OCCCCCCN(CCCCCCOC(=O)C(CCCCCC)CCCCCCCC)C(=O)CN(CC(=O)O)C(=O)CCC(=O)O. The summed E-state index contributed by atoms with van der Waals surface area (Å²) in [5, 5.41) is 18.5. The lowest BCUT2D eigenvalue weighted by Gasteiger charge is -2.27. The van der Waals surface area contributed by atoms with Crippen LogP contribution in [-0.2, 0) is 38.2 Å². The van der Waals surface area contributed by atoms with Crippen LogP contribution >= 0.6 is 0 Å². The largest absolute Gasteiger partial charge is 0.481 e. The summed E-state index contributed by atoms with van der Waals surface area (Å²) in [6.45, 7) is 9.29. The van der Waals surface area contributed by atoms with E-state index in [1.165, 1.54) is 64.2 Å². The van der Waals surface area contributed by atoms with Crippen LogP contribution in [0.1, 0.15) is 246 Å². The molecule has 2 amide bonds. The lowest BCUT2D eigenvalue weighted by Crippen LogP contribution is -2.45. The number of unbranched alkanes of at least 4 members (excludes halogenated alkanes) is 22. The lowest BCUT2D eigenvalue weighted by molar-refractivity contribution is -0.150. The van der Waals surface area contributed by atoms with E-state index in [0.29, 0.717) is 39.1 Å². The molecule has 0 spiro atoms. The Morgan fingerprint density at radius 3 is 1.09 bits per heavy atom. The van der Waals surface area contributed by atoms with Crippen LogP contribution in [0.2, 0.25) is 0 Å². The third kappa shape index (κ3) is 36.1. The molecule has 0 aliphatic rings. The number of ether oxygens (including phenoxy) is 2. The average molecular weight is 909 g/mol. The number of nitrogens with zero attached hydrogens (tertiary/aromatic N) is 2. The van der Waals surface area contributed by atoms with E-state index in [1.807, 2.05) is 0 Å². The van der Waals surface area contributed by atoms with Gasteiger partial charge in [-0.2, -0.15) is 0 Å². The molecule has 0 bridgehead atoms. The fourth-order valence-electron chi connectivity index (χ4n) is 8.23. The van der Waals surface area contributed by atoms with E-state index < -0.39 is 37.4 Å². The molecule has 12 heteroatoms. The van der Waals surface area contributed by atoms with Gasteiger partial charge in [0.25, 0.3) is 0 Å². The molecule has 0 radical (unpaired) electrons. The molecule has 2 N–H and O–H groups in total. The van der Waals surface area contributed by atoms with Gasteiger partial charge in [-0.15, -0.1) is 0 Å². The summed E-state index contributed by atoms with van der Waals surface area (Å²) < 4.78 is 11.5. The minimum Gasteiger partial charge on any atom is -0.481 e. The van der Waals surface area contributed by atoms with Crippen molar-refractivity contribution in [3.8, 4) is 0 Å². The molecule has 0 saturated heterocycles. The van der Waals surface area contributed by atoms with Gasteiger partial charge in [-0.25, -0.2) is 0 Å². The first-order chi connectivity index (χ1) is 31.0. The number of carboxylic acid groups (broad SMARTS) is 2. The van der Waals surface area contributed by atoms with Crippen LogP contribution in [0.5, 0.6) is 0 Å².